The summed E-state index contributed by atoms with van der Waals surface area (Å²) in [6, 6.07) is 0. The molecule has 1 amide bonds. The van der Waals surface area contributed by atoms with E-state index in [0.29, 0.717) is 5.92 Å². The Bertz CT molecular complexity index is 472. The van der Waals surface area contributed by atoms with Crippen molar-refractivity contribution < 1.29 is 9.59 Å². The molecule has 0 aliphatic heterocycles. The van der Waals surface area contributed by atoms with Gasteiger partial charge in [-0.15, -0.1) is 0 Å². The molecule has 0 saturated heterocycles. The van der Waals surface area contributed by atoms with Gasteiger partial charge >= 0.3 is 0 Å². The fourth-order valence-corrected chi connectivity index (χ4v) is 2.87. The van der Waals surface area contributed by atoms with Crippen LogP contribution < -0.4 is 5.32 Å². The summed E-state index contributed by atoms with van der Waals surface area (Å²) in [6.45, 7) is 12.1. The van der Waals surface area contributed by atoms with Crippen LogP contribution in [0.2, 0.25) is 0 Å². The third kappa shape index (κ3) is 6.43. The minimum Gasteiger partial charge on any atom is -0.375 e. The predicted octanol–water partition coefficient (Wildman–Crippen LogP) is 3.07. The zero-order valence-electron chi connectivity index (χ0n) is 14.7. The van der Waals surface area contributed by atoms with Crippen molar-refractivity contribution in [2.24, 2.45) is 11.8 Å². The second-order valence-corrected chi connectivity index (χ2v) is 7.01. The molecule has 1 N–H and O–H groups in total. The average Bonchev–Trinajstić information content (AvgIpc) is 2.52. The molecule has 0 heterocycles. The molecule has 1 aliphatic carbocycles. The largest absolute Gasteiger partial charge is 0.375 e. The molecule has 1 rings (SSSR count). The molecule has 0 radical (unpaired) electrons. The minimum absolute atomic E-state index is 0.00670. The predicted molar refractivity (Wildman–Crippen MR) is 94.8 cm³/mol. The third-order valence-electron chi connectivity index (χ3n) is 4.40. The van der Waals surface area contributed by atoms with Gasteiger partial charge < -0.3 is 15.0 Å². The van der Waals surface area contributed by atoms with E-state index in [1.54, 1.807) is 19.9 Å². The average molecular weight is 318 g/mol. The molecule has 1 saturated carbocycles. The van der Waals surface area contributed by atoms with Crippen LogP contribution in [-0.4, -0.2) is 36.2 Å². The summed E-state index contributed by atoms with van der Waals surface area (Å²) < 4.78 is 0. The van der Waals surface area contributed by atoms with Crippen LogP contribution in [0.1, 0.15) is 39.5 Å². The van der Waals surface area contributed by atoms with Crippen LogP contribution in [0.5, 0.6) is 0 Å². The van der Waals surface area contributed by atoms with Gasteiger partial charge in [-0.05, 0) is 51.5 Å². The minimum atomic E-state index is -0.774. The smallest absolute Gasteiger partial charge is 0.223 e. The summed E-state index contributed by atoms with van der Waals surface area (Å²) in [4.78, 5) is 25.3. The first-order chi connectivity index (χ1) is 10.8. The van der Waals surface area contributed by atoms with Crippen molar-refractivity contribution in [3.63, 3.8) is 0 Å². The molecule has 0 aromatic rings. The molecule has 0 unspecified atom stereocenters. The molecule has 0 aromatic carbocycles. The van der Waals surface area contributed by atoms with Gasteiger partial charge in [0.05, 0.1) is 5.54 Å². The van der Waals surface area contributed by atoms with Crippen molar-refractivity contribution in [2.45, 2.75) is 45.1 Å². The fourth-order valence-electron chi connectivity index (χ4n) is 2.87. The van der Waals surface area contributed by atoms with Crippen molar-refractivity contribution in [3.8, 4) is 0 Å². The number of rotatable bonds is 8. The molecule has 0 spiro atoms. The Balaban J connectivity index is 2.42. The lowest BCUT2D eigenvalue weighted by molar-refractivity contribution is -0.130. The van der Waals surface area contributed by atoms with Gasteiger partial charge in [0.2, 0.25) is 5.91 Å². The van der Waals surface area contributed by atoms with Crippen LogP contribution in [0, 0.1) is 11.8 Å². The highest BCUT2D eigenvalue weighted by atomic mass is 16.2. The first-order valence-corrected chi connectivity index (χ1v) is 8.26. The lowest BCUT2D eigenvalue weighted by atomic mass is 9.81. The van der Waals surface area contributed by atoms with E-state index in [1.807, 2.05) is 19.2 Å². The van der Waals surface area contributed by atoms with Crippen LogP contribution >= 0.6 is 0 Å². The molecule has 0 atom stereocenters. The second-order valence-electron chi connectivity index (χ2n) is 7.01. The molecule has 23 heavy (non-hydrogen) atoms. The van der Waals surface area contributed by atoms with Crippen molar-refractivity contribution in [3.05, 3.63) is 37.1 Å². The third-order valence-corrected chi connectivity index (χ3v) is 4.40. The molecule has 0 aromatic heterocycles. The van der Waals surface area contributed by atoms with E-state index in [1.165, 1.54) is 0 Å². The highest BCUT2D eigenvalue weighted by Gasteiger charge is 2.29. The van der Waals surface area contributed by atoms with E-state index in [2.05, 4.69) is 23.4 Å². The first-order valence-electron chi connectivity index (χ1n) is 8.26. The zero-order valence-corrected chi connectivity index (χ0v) is 14.7. The molecule has 128 valence electrons. The molecular weight excluding hydrogens is 288 g/mol. The number of carbonyl (C=O) groups is 2. The van der Waals surface area contributed by atoms with Gasteiger partial charge in [-0.2, -0.15) is 0 Å². The molecule has 4 heteroatoms. The number of allylic oxidation sites excluding steroid dienone is 3. The van der Waals surface area contributed by atoms with Crippen molar-refractivity contribution >= 4 is 12.2 Å². The molecule has 1 fully saturated rings. The number of hydrogen-bond donors (Lipinski definition) is 1. The Morgan fingerprint density at radius 3 is 2.43 bits per heavy atom. The monoisotopic (exact) mass is 318 g/mol. The fraction of sp³-hybridized carbons (Fsp3) is 0.579. The van der Waals surface area contributed by atoms with Crippen molar-refractivity contribution in [1.29, 1.82) is 0 Å². The lowest BCUT2D eigenvalue weighted by Crippen LogP contribution is -2.48. The highest BCUT2D eigenvalue weighted by Crippen LogP contribution is 2.30. The summed E-state index contributed by atoms with van der Waals surface area (Å²) >= 11 is 0. The quantitative estimate of drug-likeness (QED) is 0.553. The Morgan fingerprint density at radius 2 is 1.91 bits per heavy atom. The molecule has 0 bridgehead atoms. The van der Waals surface area contributed by atoms with Crippen molar-refractivity contribution in [2.75, 3.05) is 13.6 Å². The van der Waals surface area contributed by atoms with Gasteiger partial charge in [0.1, 0.15) is 6.29 Å². The maximum atomic E-state index is 12.2. The summed E-state index contributed by atoms with van der Waals surface area (Å²) in [5.41, 5.74) is 0.195. The van der Waals surface area contributed by atoms with E-state index in [0.717, 1.165) is 44.2 Å². The standard InChI is InChI=1S/C19H30N2O2/c1-6-7-8-15(2)21(5)13-16-9-11-17(12-10-16)18(23)20-19(3,4)14-22/h6-8,14,16-17H,1-2,9-13H2,3-5H3,(H,20,23)/b8-7-. The molecule has 1 aliphatic rings. The van der Waals surface area contributed by atoms with Gasteiger partial charge in [-0.3, -0.25) is 4.79 Å². The van der Waals surface area contributed by atoms with E-state index >= 15 is 0 Å². The van der Waals surface area contributed by atoms with Gasteiger partial charge in [-0.25, -0.2) is 0 Å². The second kappa shape index (κ2) is 8.70. The number of carbonyl (C=O) groups excluding carboxylic acids is 2. The first kappa shape index (κ1) is 19.2. The summed E-state index contributed by atoms with van der Waals surface area (Å²) in [6.07, 6.45) is 10.2. The zero-order chi connectivity index (χ0) is 17.5. The maximum absolute atomic E-state index is 12.2. The number of nitrogens with zero attached hydrogens (tertiary/aromatic N) is 1. The van der Waals surface area contributed by atoms with Crippen LogP contribution in [0.4, 0.5) is 0 Å². The van der Waals surface area contributed by atoms with Gasteiger partial charge in [0.15, 0.2) is 0 Å². The number of aldehydes is 1. The number of hydrogen-bond acceptors (Lipinski definition) is 3. The van der Waals surface area contributed by atoms with Gasteiger partial charge in [0, 0.05) is 25.2 Å². The SMILES string of the molecule is C=C/C=C\C(=C)N(C)CC1CCC(C(=O)NC(C)(C)C=O)CC1. The number of amides is 1. The van der Waals surface area contributed by atoms with Gasteiger partial charge in [-0.1, -0.05) is 25.3 Å². The Labute approximate surface area is 140 Å². The normalized spacial score (nSPS) is 21.7. The Morgan fingerprint density at radius 1 is 1.30 bits per heavy atom. The van der Waals surface area contributed by atoms with Gasteiger partial charge in [0.25, 0.3) is 0 Å². The number of nitrogens with one attached hydrogen (secondary N) is 1. The molecular formula is C19H30N2O2. The van der Waals surface area contributed by atoms with Crippen LogP contribution in [0.3, 0.4) is 0 Å². The number of likely N-dealkylation sites (N-methyl/N-ethyl adjacent to an activating group) is 1. The summed E-state index contributed by atoms with van der Waals surface area (Å²) in [5, 5.41) is 2.82. The van der Waals surface area contributed by atoms with Crippen LogP contribution in [0.15, 0.2) is 37.1 Å². The van der Waals surface area contributed by atoms with Crippen LogP contribution in [-0.2, 0) is 9.59 Å². The van der Waals surface area contributed by atoms with Crippen LogP contribution in [0.25, 0.3) is 0 Å². The van der Waals surface area contributed by atoms with Crippen molar-refractivity contribution in [1.82, 2.24) is 10.2 Å². The summed E-state index contributed by atoms with van der Waals surface area (Å²) in [5.74, 6) is 0.615. The van der Waals surface area contributed by atoms with E-state index in [9.17, 15) is 9.59 Å². The topological polar surface area (TPSA) is 49.4 Å². The Kier molecular flexibility index (Phi) is 7.27. The highest BCUT2D eigenvalue weighted by molar-refractivity contribution is 5.83. The lowest BCUT2D eigenvalue weighted by Gasteiger charge is -2.32. The summed E-state index contributed by atoms with van der Waals surface area (Å²) in [7, 11) is 2.04. The maximum Gasteiger partial charge on any atom is 0.223 e. The van der Waals surface area contributed by atoms with E-state index in [-0.39, 0.29) is 11.8 Å². The van der Waals surface area contributed by atoms with E-state index < -0.39 is 5.54 Å². The Hall–Kier alpha value is -1.84. The van der Waals surface area contributed by atoms with E-state index in [4.69, 9.17) is 0 Å². The molecule has 4 nitrogen and oxygen atoms in total.